The molecule has 0 radical (unpaired) electrons. The van der Waals surface area contributed by atoms with E-state index in [1.807, 2.05) is 43.3 Å². The Labute approximate surface area is 329 Å². The van der Waals surface area contributed by atoms with Crippen LogP contribution in [-0.2, 0) is 28.7 Å². The van der Waals surface area contributed by atoms with Gasteiger partial charge in [0.25, 0.3) is 5.91 Å². The molecule has 2 bridgehead atoms. The summed E-state index contributed by atoms with van der Waals surface area (Å²) in [5.41, 5.74) is 0.379. The van der Waals surface area contributed by atoms with Gasteiger partial charge < -0.3 is 29.3 Å². The molecule has 3 amide bonds. The number of ether oxygens (including phenoxy) is 2. The molecular formula is C42H45BrClN3O7. The third-order valence-electron chi connectivity index (χ3n) is 11.0. The second-order valence-corrected chi connectivity index (χ2v) is 15.7. The van der Waals surface area contributed by atoms with E-state index in [2.05, 4.69) is 29.1 Å². The molecular weight excluding hydrogens is 774 g/mol. The number of carbonyl (C=O) groups excluding carboxylic acids is 4. The Morgan fingerprint density at radius 2 is 1.67 bits per heavy atom. The minimum absolute atomic E-state index is 0.108. The molecule has 0 saturated carbocycles. The number of carbonyl (C=O) groups is 4. The monoisotopic (exact) mass is 817 g/mol. The fourth-order valence-electron chi connectivity index (χ4n) is 8.33. The maximum atomic E-state index is 15.1. The van der Waals surface area contributed by atoms with E-state index >= 15 is 9.59 Å². The van der Waals surface area contributed by atoms with Crippen LogP contribution in [-0.4, -0.2) is 87.4 Å². The van der Waals surface area contributed by atoms with Gasteiger partial charge in [0.1, 0.15) is 17.7 Å². The van der Waals surface area contributed by atoms with Crippen LogP contribution in [0.4, 0.5) is 5.69 Å². The molecule has 3 aromatic rings. The Morgan fingerprint density at radius 1 is 1.04 bits per heavy atom. The number of hydrogen-bond donors (Lipinski definition) is 1. The Kier molecular flexibility index (Phi) is 12.1. The highest BCUT2D eigenvalue weighted by Gasteiger charge is 2.78. The minimum Gasteiger partial charge on any atom is -0.455 e. The van der Waals surface area contributed by atoms with E-state index in [-0.39, 0.29) is 25.3 Å². The molecule has 3 heterocycles. The largest absolute Gasteiger partial charge is 0.455 e. The van der Waals surface area contributed by atoms with Crippen molar-refractivity contribution in [3.8, 4) is 0 Å². The van der Waals surface area contributed by atoms with Crippen LogP contribution >= 0.6 is 27.5 Å². The second kappa shape index (κ2) is 16.6. The summed E-state index contributed by atoms with van der Waals surface area (Å²) in [6, 6.07) is 22.2. The minimum atomic E-state index is -1.45. The predicted octanol–water partition coefficient (Wildman–Crippen LogP) is 6.44. The summed E-state index contributed by atoms with van der Waals surface area (Å²) < 4.78 is 13.2. The van der Waals surface area contributed by atoms with Crippen molar-refractivity contribution in [1.82, 2.24) is 9.80 Å². The van der Waals surface area contributed by atoms with Crippen LogP contribution in [0.3, 0.4) is 0 Å². The lowest BCUT2D eigenvalue weighted by atomic mass is 9.70. The molecule has 3 saturated heterocycles. The molecule has 12 heteroatoms. The summed E-state index contributed by atoms with van der Waals surface area (Å²) in [6.45, 7) is 9.04. The number of amides is 3. The number of aliphatic hydroxyl groups excluding tert-OH is 1. The van der Waals surface area contributed by atoms with Crippen molar-refractivity contribution in [1.29, 1.82) is 0 Å². The fourth-order valence-corrected chi connectivity index (χ4v) is 9.39. The molecule has 6 rings (SSSR count). The number of likely N-dealkylation sites (tertiary alicyclic amines) is 1. The summed E-state index contributed by atoms with van der Waals surface area (Å²) in [4.78, 5) is 62.1. The number of aliphatic hydroxyl groups is 1. The van der Waals surface area contributed by atoms with Gasteiger partial charge in [-0.1, -0.05) is 100 Å². The third-order valence-corrected chi connectivity index (χ3v) is 12.1. The molecule has 1 unspecified atom stereocenters. The van der Waals surface area contributed by atoms with Gasteiger partial charge in [-0.3, -0.25) is 19.2 Å². The van der Waals surface area contributed by atoms with Gasteiger partial charge in [0.2, 0.25) is 11.8 Å². The number of fused-ring (bicyclic) bond motifs is 1. The van der Waals surface area contributed by atoms with Crippen molar-refractivity contribution >= 4 is 56.9 Å². The Morgan fingerprint density at radius 3 is 2.26 bits per heavy atom. The summed E-state index contributed by atoms with van der Waals surface area (Å²) in [5, 5.41) is 11.4. The number of benzene rings is 3. The zero-order chi connectivity index (χ0) is 38.7. The molecule has 0 aliphatic carbocycles. The number of likely N-dealkylation sites (N-methyl/N-ethyl adjacent to an activating group) is 1. The molecule has 1 N–H and O–H groups in total. The van der Waals surface area contributed by atoms with E-state index in [9.17, 15) is 14.7 Å². The Bertz CT molecular complexity index is 1860. The molecule has 3 fully saturated rings. The van der Waals surface area contributed by atoms with Crippen molar-refractivity contribution in [2.45, 2.75) is 66.9 Å². The van der Waals surface area contributed by atoms with Crippen LogP contribution in [0.5, 0.6) is 0 Å². The number of allylic oxidation sites excluding steroid dienone is 1. The Hall–Kier alpha value is -4.29. The van der Waals surface area contributed by atoms with Gasteiger partial charge in [0.05, 0.1) is 36.6 Å². The zero-order valence-electron chi connectivity index (χ0n) is 30.3. The lowest BCUT2D eigenvalue weighted by Gasteiger charge is -2.39. The maximum absolute atomic E-state index is 15.1. The Balaban J connectivity index is 1.42. The van der Waals surface area contributed by atoms with E-state index in [1.54, 1.807) is 72.6 Å². The highest BCUT2D eigenvalue weighted by molar-refractivity contribution is 9.09. The van der Waals surface area contributed by atoms with Crippen molar-refractivity contribution in [2.24, 2.45) is 11.8 Å². The van der Waals surface area contributed by atoms with Gasteiger partial charge in [-0.15, -0.1) is 13.2 Å². The van der Waals surface area contributed by atoms with Crippen molar-refractivity contribution < 1.29 is 33.8 Å². The summed E-state index contributed by atoms with van der Waals surface area (Å²) >= 11 is 9.96. The standard InChI is InChI=1S/C42H45BrClN3O7/c1-5-7-18-33(49)45(4)26(3)36(28-16-12-9-13-17-28)53-41(52)34-35-39(50)47(32(25-48)27-14-10-8-11-15-27)38(42(35)24-31(43)37(34)54-42)40(51)46(23-6-2)30-21-19-29(44)20-22-30/h5-6,8-17,19-22,26,31-32,34-38,48H,1-2,7,18,23-25H2,3-4H3/t26-,31?,32-,34-,35+,36+,37-,38-,42+/m1/s1. The van der Waals surface area contributed by atoms with Crippen LogP contribution in [0.25, 0.3) is 0 Å². The summed E-state index contributed by atoms with van der Waals surface area (Å²) in [6.07, 6.45) is 2.59. The van der Waals surface area contributed by atoms with Gasteiger partial charge in [0.15, 0.2) is 0 Å². The average molecular weight is 819 g/mol. The number of nitrogens with zero attached hydrogens (tertiary/aromatic N) is 3. The first kappa shape index (κ1) is 39.4. The van der Waals surface area contributed by atoms with Crippen molar-refractivity contribution in [3.05, 3.63) is 126 Å². The van der Waals surface area contributed by atoms with E-state index < -0.39 is 77.0 Å². The van der Waals surface area contributed by atoms with Gasteiger partial charge in [-0.2, -0.15) is 0 Å². The molecule has 0 aromatic heterocycles. The van der Waals surface area contributed by atoms with Crippen molar-refractivity contribution in [2.75, 3.05) is 25.1 Å². The second-order valence-electron chi connectivity index (χ2n) is 14.1. The number of alkyl halides is 1. The number of halogens is 2. The SMILES string of the molecule is C=CCCC(=O)N(C)[C@H](C)[C@H](OC(=O)[C@H]1[C@@H]2O[C@@]3(CC2Br)[C@@H]1C(=O)N([C@H](CO)c1ccccc1)[C@@H]3C(=O)N(CC=C)c1ccc(Cl)cc1)c1ccccc1. The number of hydrogen-bond acceptors (Lipinski definition) is 7. The first-order chi connectivity index (χ1) is 26.0. The first-order valence-corrected chi connectivity index (χ1v) is 19.4. The highest BCUT2D eigenvalue weighted by atomic mass is 79.9. The smallest absolute Gasteiger partial charge is 0.313 e. The number of rotatable bonds is 15. The lowest BCUT2D eigenvalue weighted by Crippen LogP contribution is -2.57. The highest BCUT2D eigenvalue weighted by Crippen LogP contribution is 2.61. The van der Waals surface area contributed by atoms with Crippen LogP contribution in [0.2, 0.25) is 5.02 Å². The number of esters is 1. The third kappa shape index (κ3) is 7.14. The van der Waals surface area contributed by atoms with Gasteiger partial charge >= 0.3 is 5.97 Å². The van der Waals surface area contributed by atoms with Gasteiger partial charge in [0, 0.05) is 35.6 Å². The van der Waals surface area contributed by atoms with Crippen LogP contribution in [0.15, 0.2) is 110 Å². The van der Waals surface area contributed by atoms with Crippen LogP contribution in [0, 0.1) is 11.8 Å². The quantitative estimate of drug-likeness (QED) is 0.107. The molecule has 10 nitrogen and oxygen atoms in total. The van der Waals surface area contributed by atoms with Crippen molar-refractivity contribution in [3.63, 3.8) is 0 Å². The molecule has 3 aliphatic heterocycles. The first-order valence-electron chi connectivity index (χ1n) is 18.1. The molecule has 9 atom stereocenters. The average Bonchev–Trinajstić information content (AvgIpc) is 3.78. The number of anilines is 1. The predicted molar refractivity (Wildman–Crippen MR) is 210 cm³/mol. The molecule has 1 spiro atoms. The summed E-state index contributed by atoms with van der Waals surface area (Å²) in [5.74, 6) is -3.96. The normalized spacial score (nSPS) is 25.7. The maximum Gasteiger partial charge on any atom is 0.313 e. The van der Waals surface area contributed by atoms with E-state index in [0.717, 1.165) is 0 Å². The lowest BCUT2D eigenvalue weighted by molar-refractivity contribution is -0.165. The molecule has 284 valence electrons. The topological polar surface area (TPSA) is 117 Å². The molecule has 3 aromatic carbocycles. The van der Waals surface area contributed by atoms with Gasteiger partial charge in [-0.25, -0.2) is 0 Å². The summed E-state index contributed by atoms with van der Waals surface area (Å²) in [7, 11) is 1.67. The van der Waals surface area contributed by atoms with Gasteiger partial charge in [-0.05, 0) is 55.2 Å². The van der Waals surface area contributed by atoms with E-state index in [0.29, 0.717) is 28.3 Å². The molecule has 54 heavy (non-hydrogen) atoms. The fraction of sp³-hybridized carbons (Fsp3) is 0.381. The van der Waals surface area contributed by atoms with E-state index in [4.69, 9.17) is 21.1 Å². The van der Waals surface area contributed by atoms with E-state index in [1.165, 1.54) is 9.80 Å². The molecule has 3 aliphatic rings. The zero-order valence-corrected chi connectivity index (χ0v) is 32.6. The van der Waals surface area contributed by atoms with Crippen LogP contribution < -0.4 is 4.90 Å². The van der Waals surface area contributed by atoms with Crippen LogP contribution in [0.1, 0.15) is 49.5 Å².